The van der Waals surface area contributed by atoms with E-state index >= 15 is 0 Å². The summed E-state index contributed by atoms with van der Waals surface area (Å²) in [4.78, 5) is 22.5. The van der Waals surface area contributed by atoms with Gasteiger partial charge >= 0.3 is 12.1 Å². The summed E-state index contributed by atoms with van der Waals surface area (Å²) in [6.45, 7) is 1.14. The van der Waals surface area contributed by atoms with Gasteiger partial charge in [-0.25, -0.2) is 4.79 Å². The van der Waals surface area contributed by atoms with Crippen LogP contribution in [-0.4, -0.2) is 18.9 Å². The Bertz CT molecular complexity index is 530. The highest BCUT2D eigenvalue weighted by atomic mass is 19.4. The number of halogens is 3. The predicted octanol–water partition coefficient (Wildman–Crippen LogP) is 2.85. The van der Waals surface area contributed by atoms with Gasteiger partial charge in [-0.1, -0.05) is 12.1 Å². The summed E-state index contributed by atoms with van der Waals surface area (Å²) in [6, 6.07) is 4.32. The molecular weight excluding hydrogens is 261 g/mol. The lowest BCUT2D eigenvalue weighted by atomic mass is 10.1. The molecule has 3 nitrogen and oxygen atoms in total. The van der Waals surface area contributed by atoms with E-state index < -0.39 is 23.5 Å². The van der Waals surface area contributed by atoms with Crippen LogP contribution in [0.5, 0.6) is 0 Å². The van der Waals surface area contributed by atoms with Crippen molar-refractivity contribution in [2.45, 2.75) is 13.1 Å². The highest BCUT2D eigenvalue weighted by Gasteiger charge is 2.30. The van der Waals surface area contributed by atoms with E-state index in [0.29, 0.717) is 0 Å². The Morgan fingerprint density at radius 1 is 1.26 bits per heavy atom. The van der Waals surface area contributed by atoms with Crippen LogP contribution in [0.3, 0.4) is 0 Å². The van der Waals surface area contributed by atoms with Crippen molar-refractivity contribution in [3.05, 3.63) is 41.0 Å². The van der Waals surface area contributed by atoms with Gasteiger partial charge in [0.25, 0.3) is 0 Å². The molecule has 0 aromatic heterocycles. The lowest BCUT2D eigenvalue weighted by Crippen LogP contribution is -2.11. The molecule has 1 rings (SSSR count). The maximum absolute atomic E-state index is 12.5. The summed E-state index contributed by atoms with van der Waals surface area (Å²) in [7, 11) is 1.09. The molecule has 0 amide bonds. The fourth-order valence-electron chi connectivity index (χ4n) is 1.39. The molecular formula is C13H11F3O3. The summed E-state index contributed by atoms with van der Waals surface area (Å²) in [5, 5.41) is 0. The van der Waals surface area contributed by atoms with Crippen molar-refractivity contribution in [2.24, 2.45) is 0 Å². The number of rotatable bonds is 3. The number of Topliss-reactive ketones (excluding diaryl/α,β-unsaturated/α-hetero) is 1. The minimum Gasteiger partial charge on any atom is -0.465 e. The van der Waals surface area contributed by atoms with Crippen LogP contribution in [0.15, 0.2) is 29.8 Å². The summed E-state index contributed by atoms with van der Waals surface area (Å²) in [5.41, 5.74) is -1.05. The van der Waals surface area contributed by atoms with Crippen molar-refractivity contribution in [2.75, 3.05) is 7.11 Å². The van der Waals surface area contributed by atoms with Gasteiger partial charge in [-0.3, -0.25) is 4.79 Å². The molecule has 0 aliphatic rings. The number of esters is 1. The zero-order valence-corrected chi connectivity index (χ0v) is 10.2. The Labute approximate surface area is 107 Å². The van der Waals surface area contributed by atoms with Crippen molar-refractivity contribution in [3.8, 4) is 0 Å². The van der Waals surface area contributed by atoms with Crippen molar-refractivity contribution < 1.29 is 27.5 Å². The van der Waals surface area contributed by atoms with E-state index in [1.54, 1.807) is 0 Å². The molecule has 0 saturated carbocycles. The molecule has 0 aliphatic carbocycles. The Morgan fingerprint density at radius 2 is 1.89 bits per heavy atom. The maximum atomic E-state index is 12.5. The van der Waals surface area contributed by atoms with Crippen LogP contribution in [0.1, 0.15) is 18.1 Å². The maximum Gasteiger partial charge on any atom is 0.416 e. The molecule has 1 aromatic carbocycles. The van der Waals surface area contributed by atoms with Crippen LogP contribution in [0.4, 0.5) is 13.2 Å². The van der Waals surface area contributed by atoms with E-state index in [1.165, 1.54) is 12.1 Å². The predicted molar refractivity (Wildman–Crippen MR) is 62.1 cm³/mol. The third kappa shape index (κ3) is 3.94. The molecule has 0 atom stereocenters. The standard InChI is InChI=1S/C13H11F3O3/c1-8(17)11(12(18)19-2)7-9-4-3-5-10(6-9)13(14,15)16/h3-7H,1-2H3. The average Bonchev–Trinajstić information content (AvgIpc) is 2.34. The van der Waals surface area contributed by atoms with Gasteiger partial charge < -0.3 is 4.74 Å². The van der Waals surface area contributed by atoms with E-state index in [2.05, 4.69) is 4.74 Å². The first kappa shape index (κ1) is 14.9. The SMILES string of the molecule is COC(=O)C(=Cc1cccc(C(F)(F)F)c1)C(C)=O. The molecule has 0 radical (unpaired) electrons. The molecule has 0 fully saturated rings. The topological polar surface area (TPSA) is 43.4 Å². The van der Waals surface area contributed by atoms with Gasteiger partial charge in [0.1, 0.15) is 5.57 Å². The van der Waals surface area contributed by atoms with Gasteiger partial charge in [0, 0.05) is 0 Å². The number of methoxy groups -OCH3 is 1. The molecule has 19 heavy (non-hydrogen) atoms. The summed E-state index contributed by atoms with van der Waals surface area (Å²) in [5.74, 6) is -1.46. The van der Waals surface area contributed by atoms with Gasteiger partial charge in [0.15, 0.2) is 5.78 Å². The van der Waals surface area contributed by atoms with E-state index in [1.807, 2.05) is 0 Å². The molecule has 6 heteroatoms. The van der Waals surface area contributed by atoms with Crippen molar-refractivity contribution in [1.29, 1.82) is 0 Å². The molecule has 0 N–H and O–H groups in total. The number of ether oxygens (including phenoxy) is 1. The van der Waals surface area contributed by atoms with Crippen molar-refractivity contribution in [1.82, 2.24) is 0 Å². The molecule has 0 unspecified atom stereocenters. The minimum absolute atomic E-state index is 0.102. The van der Waals surface area contributed by atoms with E-state index in [4.69, 9.17) is 0 Å². The second-order valence-electron chi connectivity index (χ2n) is 3.73. The Balaban J connectivity index is 3.23. The number of benzene rings is 1. The van der Waals surface area contributed by atoms with Crippen LogP contribution in [0.25, 0.3) is 6.08 Å². The molecule has 0 spiro atoms. The first-order valence-electron chi connectivity index (χ1n) is 5.24. The number of alkyl halides is 3. The molecule has 1 aromatic rings. The van der Waals surface area contributed by atoms with Crippen molar-refractivity contribution in [3.63, 3.8) is 0 Å². The summed E-state index contributed by atoms with van der Waals surface area (Å²) in [6.07, 6.45) is -3.41. The highest BCUT2D eigenvalue weighted by molar-refractivity contribution is 6.19. The van der Waals surface area contributed by atoms with Crippen LogP contribution in [0, 0.1) is 0 Å². The zero-order valence-electron chi connectivity index (χ0n) is 10.2. The quantitative estimate of drug-likeness (QED) is 0.368. The fourth-order valence-corrected chi connectivity index (χ4v) is 1.39. The molecule has 0 aliphatic heterocycles. The number of ketones is 1. The Morgan fingerprint density at radius 3 is 2.37 bits per heavy atom. The van der Waals surface area contributed by atoms with Gasteiger partial charge in [-0.05, 0) is 30.7 Å². The van der Waals surface area contributed by atoms with E-state index in [-0.39, 0.29) is 11.1 Å². The number of carbonyl (C=O) groups is 2. The first-order chi connectivity index (χ1) is 8.75. The first-order valence-corrected chi connectivity index (χ1v) is 5.24. The third-order valence-corrected chi connectivity index (χ3v) is 2.31. The zero-order chi connectivity index (χ0) is 14.6. The van der Waals surface area contributed by atoms with E-state index in [0.717, 1.165) is 32.2 Å². The Hall–Kier alpha value is -2.11. The third-order valence-electron chi connectivity index (χ3n) is 2.31. The number of carbonyl (C=O) groups excluding carboxylic acids is 2. The van der Waals surface area contributed by atoms with Crippen molar-refractivity contribution >= 4 is 17.8 Å². The number of hydrogen-bond donors (Lipinski definition) is 0. The molecule has 102 valence electrons. The van der Waals surface area contributed by atoms with Crippen LogP contribution < -0.4 is 0 Å². The highest BCUT2D eigenvalue weighted by Crippen LogP contribution is 2.30. The second-order valence-corrected chi connectivity index (χ2v) is 3.73. The lowest BCUT2D eigenvalue weighted by molar-refractivity contribution is -0.138. The number of hydrogen-bond acceptors (Lipinski definition) is 3. The summed E-state index contributed by atoms with van der Waals surface area (Å²) >= 11 is 0. The average molecular weight is 272 g/mol. The second kappa shape index (κ2) is 5.69. The fraction of sp³-hybridized carbons (Fsp3) is 0.231. The largest absolute Gasteiger partial charge is 0.465 e. The van der Waals surface area contributed by atoms with E-state index in [9.17, 15) is 22.8 Å². The van der Waals surface area contributed by atoms with Gasteiger partial charge in [0.05, 0.1) is 12.7 Å². The van der Waals surface area contributed by atoms with Crippen LogP contribution in [-0.2, 0) is 20.5 Å². The monoisotopic (exact) mass is 272 g/mol. The van der Waals surface area contributed by atoms with Gasteiger partial charge in [-0.2, -0.15) is 13.2 Å². The lowest BCUT2D eigenvalue weighted by Gasteiger charge is -2.07. The smallest absolute Gasteiger partial charge is 0.416 e. The molecule has 0 bridgehead atoms. The van der Waals surface area contributed by atoms with Gasteiger partial charge in [-0.15, -0.1) is 0 Å². The molecule has 0 heterocycles. The van der Waals surface area contributed by atoms with Crippen LogP contribution >= 0.6 is 0 Å². The minimum atomic E-state index is -4.48. The normalized spacial score (nSPS) is 12.2. The summed E-state index contributed by atoms with van der Waals surface area (Å²) < 4.78 is 41.9. The van der Waals surface area contributed by atoms with Gasteiger partial charge in [0.2, 0.25) is 0 Å². The van der Waals surface area contributed by atoms with Crippen LogP contribution in [0.2, 0.25) is 0 Å². The Kier molecular flexibility index (Phi) is 4.47. The molecule has 0 saturated heterocycles.